The predicted octanol–water partition coefficient (Wildman–Crippen LogP) is 1.13. The third-order valence-corrected chi connectivity index (χ3v) is 5.37. The van der Waals surface area contributed by atoms with E-state index >= 15 is 0 Å². The average molecular weight is 312 g/mol. The average Bonchev–Trinajstić information content (AvgIpc) is 2.13. The molecule has 0 spiro atoms. The van der Waals surface area contributed by atoms with Crippen LogP contribution in [0, 0.1) is 0 Å². The quantitative estimate of drug-likeness (QED) is 0.823. The molecule has 5 nitrogen and oxygen atoms in total. The third kappa shape index (κ3) is 4.47. The van der Waals surface area contributed by atoms with E-state index in [-0.39, 0.29) is 28.5 Å². The van der Waals surface area contributed by atoms with Crippen LogP contribution in [0.2, 0.25) is 5.02 Å². The Morgan fingerprint density at radius 1 is 1.17 bits per heavy atom. The summed E-state index contributed by atoms with van der Waals surface area (Å²) in [6, 6.07) is 4.11. The molecule has 8 heteroatoms. The molecular weight excluding hydrogens is 298 g/mol. The van der Waals surface area contributed by atoms with Crippen molar-refractivity contribution in [1.82, 2.24) is 0 Å². The fourth-order valence-electron chi connectivity index (χ4n) is 1.42. The molecular formula is C10H14ClNO4S2. The van der Waals surface area contributed by atoms with Crippen molar-refractivity contribution in [3.05, 3.63) is 23.2 Å². The molecule has 0 aliphatic heterocycles. The summed E-state index contributed by atoms with van der Waals surface area (Å²) >= 11 is 5.68. The van der Waals surface area contributed by atoms with Crippen LogP contribution in [-0.4, -0.2) is 34.6 Å². The van der Waals surface area contributed by atoms with Gasteiger partial charge in [0.1, 0.15) is 9.84 Å². The van der Waals surface area contributed by atoms with E-state index in [9.17, 15) is 16.8 Å². The molecule has 102 valence electrons. The van der Waals surface area contributed by atoms with Gasteiger partial charge in [-0.25, -0.2) is 16.8 Å². The number of rotatable bonds is 5. The van der Waals surface area contributed by atoms with Crippen molar-refractivity contribution in [2.24, 2.45) is 0 Å². The molecule has 0 aliphatic carbocycles. The highest BCUT2D eigenvalue weighted by molar-refractivity contribution is 7.92. The number of nitrogens with two attached hydrogens (primary N) is 1. The SMILES string of the molecule is CS(=O)(=O)CCCS(=O)(=O)c1ccc(Cl)cc1N. The number of sulfone groups is 2. The van der Waals surface area contributed by atoms with E-state index in [2.05, 4.69) is 0 Å². The van der Waals surface area contributed by atoms with Gasteiger partial charge in [0.2, 0.25) is 0 Å². The van der Waals surface area contributed by atoms with Crippen molar-refractivity contribution in [3.8, 4) is 0 Å². The van der Waals surface area contributed by atoms with Crippen molar-refractivity contribution in [2.45, 2.75) is 11.3 Å². The zero-order valence-electron chi connectivity index (χ0n) is 9.76. The molecule has 1 aromatic rings. The Labute approximate surface area is 112 Å². The lowest BCUT2D eigenvalue weighted by molar-refractivity contribution is 0.592. The Bertz CT molecular complexity index is 638. The van der Waals surface area contributed by atoms with Gasteiger partial charge in [0.25, 0.3) is 0 Å². The van der Waals surface area contributed by atoms with Crippen LogP contribution < -0.4 is 5.73 Å². The summed E-state index contributed by atoms with van der Waals surface area (Å²) in [6.45, 7) is 0. The smallest absolute Gasteiger partial charge is 0.180 e. The fraction of sp³-hybridized carbons (Fsp3) is 0.400. The minimum Gasteiger partial charge on any atom is -0.398 e. The van der Waals surface area contributed by atoms with E-state index in [1.54, 1.807) is 0 Å². The van der Waals surface area contributed by atoms with Crippen molar-refractivity contribution in [2.75, 3.05) is 23.5 Å². The van der Waals surface area contributed by atoms with Gasteiger partial charge in [-0.15, -0.1) is 0 Å². The maximum Gasteiger partial charge on any atom is 0.180 e. The summed E-state index contributed by atoms with van der Waals surface area (Å²) in [5, 5.41) is 0.350. The Morgan fingerprint density at radius 3 is 2.28 bits per heavy atom. The molecule has 0 radical (unpaired) electrons. The molecule has 0 heterocycles. The first kappa shape index (κ1) is 15.3. The molecule has 18 heavy (non-hydrogen) atoms. The third-order valence-electron chi connectivity index (χ3n) is 2.24. The van der Waals surface area contributed by atoms with Gasteiger partial charge in [-0.1, -0.05) is 11.6 Å². The highest BCUT2D eigenvalue weighted by Gasteiger charge is 2.18. The summed E-state index contributed by atoms with van der Waals surface area (Å²) in [7, 11) is -6.74. The van der Waals surface area contributed by atoms with E-state index in [1.807, 2.05) is 0 Å². The van der Waals surface area contributed by atoms with E-state index < -0.39 is 19.7 Å². The lowest BCUT2D eigenvalue weighted by Crippen LogP contribution is -2.13. The minimum atomic E-state index is -3.58. The van der Waals surface area contributed by atoms with Gasteiger partial charge in [-0.05, 0) is 24.6 Å². The molecule has 0 bridgehead atoms. The molecule has 0 fully saturated rings. The van der Waals surface area contributed by atoms with Crippen LogP contribution in [0.15, 0.2) is 23.1 Å². The van der Waals surface area contributed by atoms with Crippen LogP contribution in [0.4, 0.5) is 5.69 Å². The zero-order chi connectivity index (χ0) is 14.0. The lowest BCUT2D eigenvalue weighted by Gasteiger charge is -2.07. The van der Waals surface area contributed by atoms with Gasteiger partial charge in [-0.2, -0.15) is 0 Å². The standard InChI is InChI=1S/C10H14ClNO4S2/c1-17(13,14)5-2-6-18(15,16)10-4-3-8(11)7-9(10)12/h3-4,7H,2,5-6,12H2,1H3. The van der Waals surface area contributed by atoms with Crippen LogP contribution >= 0.6 is 11.6 Å². The molecule has 0 atom stereocenters. The number of nitrogen functional groups attached to an aromatic ring is 1. The summed E-state index contributed by atoms with van der Waals surface area (Å²) < 4.78 is 45.7. The first-order valence-electron chi connectivity index (χ1n) is 5.07. The summed E-state index contributed by atoms with van der Waals surface area (Å²) in [4.78, 5) is -0.0135. The van der Waals surface area contributed by atoms with E-state index in [0.717, 1.165) is 6.26 Å². The molecule has 0 amide bonds. The molecule has 0 aliphatic rings. The van der Waals surface area contributed by atoms with Crippen LogP contribution in [0.1, 0.15) is 6.42 Å². The monoisotopic (exact) mass is 311 g/mol. The topological polar surface area (TPSA) is 94.3 Å². The molecule has 0 aromatic heterocycles. The predicted molar refractivity (Wildman–Crippen MR) is 72.2 cm³/mol. The van der Waals surface area contributed by atoms with Gasteiger partial charge < -0.3 is 5.73 Å². The second-order valence-electron chi connectivity index (χ2n) is 3.98. The van der Waals surface area contributed by atoms with Gasteiger partial charge >= 0.3 is 0 Å². The van der Waals surface area contributed by atoms with E-state index in [0.29, 0.717) is 5.02 Å². The molecule has 0 saturated heterocycles. The van der Waals surface area contributed by atoms with Crippen molar-refractivity contribution < 1.29 is 16.8 Å². The highest BCUT2D eigenvalue weighted by Crippen LogP contribution is 2.23. The highest BCUT2D eigenvalue weighted by atomic mass is 35.5. The Morgan fingerprint density at radius 2 is 1.78 bits per heavy atom. The minimum absolute atomic E-state index is 0.0135. The van der Waals surface area contributed by atoms with Crippen molar-refractivity contribution in [3.63, 3.8) is 0 Å². The lowest BCUT2D eigenvalue weighted by atomic mass is 10.3. The van der Waals surface area contributed by atoms with Gasteiger partial charge in [0.05, 0.1) is 22.1 Å². The number of anilines is 1. The molecule has 0 saturated carbocycles. The molecule has 1 aromatic carbocycles. The Hall–Kier alpha value is -0.790. The number of hydrogen-bond donors (Lipinski definition) is 1. The number of halogens is 1. The van der Waals surface area contributed by atoms with Crippen molar-refractivity contribution in [1.29, 1.82) is 0 Å². The van der Waals surface area contributed by atoms with Crippen LogP contribution in [-0.2, 0) is 19.7 Å². The van der Waals surface area contributed by atoms with Gasteiger partial charge in [0, 0.05) is 11.3 Å². The van der Waals surface area contributed by atoms with Crippen LogP contribution in [0.5, 0.6) is 0 Å². The number of benzene rings is 1. The maximum atomic E-state index is 11.9. The molecule has 0 unspecified atom stereocenters. The summed E-state index contributed by atoms with van der Waals surface area (Å²) in [5.74, 6) is -0.425. The first-order chi connectivity index (χ1) is 8.12. The fourth-order valence-corrected chi connectivity index (χ4v) is 3.89. The Kier molecular flexibility index (Phi) is 4.63. The summed E-state index contributed by atoms with van der Waals surface area (Å²) in [5.41, 5.74) is 5.65. The second kappa shape index (κ2) is 5.46. The van der Waals surface area contributed by atoms with Crippen LogP contribution in [0.25, 0.3) is 0 Å². The van der Waals surface area contributed by atoms with Gasteiger partial charge in [-0.3, -0.25) is 0 Å². The maximum absolute atomic E-state index is 11.9. The number of hydrogen-bond acceptors (Lipinski definition) is 5. The summed E-state index contributed by atoms with van der Waals surface area (Å²) in [6.07, 6.45) is 1.11. The largest absolute Gasteiger partial charge is 0.398 e. The van der Waals surface area contributed by atoms with E-state index in [1.165, 1.54) is 18.2 Å². The van der Waals surface area contributed by atoms with Gasteiger partial charge in [0.15, 0.2) is 9.84 Å². The van der Waals surface area contributed by atoms with Crippen LogP contribution in [0.3, 0.4) is 0 Å². The van der Waals surface area contributed by atoms with E-state index in [4.69, 9.17) is 17.3 Å². The zero-order valence-corrected chi connectivity index (χ0v) is 12.1. The molecule has 1 rings (SSSR count). The molecule has 2 N–H and O–H groups in total. The Balaban J connectivity index is 2.87. The first-order valence-corrected chi connectivity index (χ1v) is 9.16. The van der Waals surface area contributed by atoms with Crippen molar-refractivity contribution >= 4 is 37.0 Å². The normalized spacial score (nSPS) is 12.6. The second-order valence-corrected chi connectivity index (χ2v) is 8.76.